The van der Waals surface area contributed by atoms with E-state index in [4.69, 9.17) is 18.7 Å². The number of ether oxygens (including phenoxy) is 3. The fourth-order valence-corrected chi connectivity index (χ4v) is 2.88. The summed E-state index contributed by atoms with van der Waals surface area (Å²) in [4.78, 5) is 6.59. The number of hydrogen-bond donors (Lipinski definition) is 0. The maximum absolute atomic E-state index is 5.45. The molecule has 0 saturated carbocycles. The number of nitrogens with zero attached hydrogens (tertiary/aromatic N) is 3. The SMILES string of the molecule is CCOc1ccc(-c2noc(CN(C)Cc3ccc(OC)c(OC)c3)n2)cc1. The maximum atomic E-state index is 5.45. The fourth-order valence-electron chi connectivity index (χ4n) is 2.88. The highest BCUT2D eigenvalue weighted by atomic mass is 16.5. The van der Waals surface area contributed by atoms with E-state index < -0.39 is 0 Å². The van der Waals surface area contributed by atoms with Crippen LogP contribution in [-0.2, 0) is 13.1 Å². The van der Waals surface area contributed by atoms with Crippen LogP contribution >= 0.6 is 0 Å². The molecule has 0 N–H and O–H groups in total. The number of aromatic nitrogens is 2. The van der Waals surface area contributed by atoms with Crippen LogP contribution in [-0.4, -0.2) is 42.9 Å². The van der Waals surface area contributed by atoms with Gasteiger partial charge in [-0.05, 0) is 55.9 Å². The minimum atomic E-state index is 0.540. The van der Waals surface area contributed by atoms with Crippen molar-refractivity contribution in [3.63, 3.8) is 0 Å². The Morgan fingerprint density at radius 1 is 0.964 bits per heavy atom. The Morgan fingerprint density at radius 2 is 1.71 bits per heavy atom. The zero-order valence-electron chi connectivity index (χ0n) is 16.6. The van der Waals surface area contributed by atoms with Crippen molar-refractivity contribution in [1.82, 2.24) is 15.0 Å². The molecule has 0 bridgehead atoms. The second kappa shape index (κ2) is 9.23. The lowest BCUT2D eigenvalue weighted by atomic mass is 10.2. The summed E-state index contributed by atoms with van der Waals surface area (Å²) in [5.41, 5.74) is 1.99. The molecule has 0 atom stereocenters. The molecule has 0 saturated heterocycles. The van der Waals surface area contributed by atoms with E-state index in [0.717, 1.165) is 16.9 Å². The summed E-state index contributed by atoms with van der Waals surface area (Å²) in [5.74, 6) is 3.38. The Morgan fingerprint density at radius 3 is 2.39 bits per heavy atom. The molecule has 2 aromatic carbocycles. The molecular weight excluding hydrogens is 358 g/mol. The van der Waals surface area contributed by atoms with Crippen LogP contribution in [0.1, 0.15) is 18.4 Å². The van der Waals surface area contributed by atoms with Gasteiger partial charge in [-0.2, -0.15) is 4.98 Å². The van der Waals surface area contributed by atoms with Gasteiger partial charge in [0.25, 0.3) is 0 Å². The van der Waals surface area contributed by atoms with E-state index in [1.54, 1.807) is 14.2 Å². The van der Waals surface area contributed by atoms with Gasteiger partial charge >= 0.3 is 0 Å². The lowest BCUT2D eigenvalue weighted by Gasteiger charge is -2.15. The normalized spacial score (nSPS) is 10.9. The fraction of sp³-hybridized carbons (Fsp3) is 0.333. The molecule has 0 aliphatic carbocycles. The van der Waals surface area contributed by atoms with Crippen LogP contribution in [0.3, 0.4) is 0 Å². The van der Waals surface area contributed by atoms with Crippen LogP contribution in [0.2, 0.25) is 0 Å². The molecule has 0 aliphatic rings. The third-order valence-corrected chi connectivity index (χ3v) is 4.20. The van der Waals surface area contributed by atoms with Gasteiger partial charge in [0, 0.05) is 12.1 Å². The molecule has 148 valence electrons. The quantitative estimate of drug-likeness (QED) is 0.557. The number of hydrogen-bond acceptors (Lipinski definition) is 7. The van der Waals surface area contributed by atoms with E-state index >= 15 is 0 Å². The average Bonchev–Trinajstić information content (AvgIpc) is 3.17. The molecule has 0 aliphatic heterocycles. The molecule has 0 unspecified atom stereocenters. The largest absolute Gasteiger partial charge is 0.494 e. The summed E-state index contributed by atoms with van der Waals surface area (Å²) < 4.78 is 21.5. The number of rotatable bonds is 9. The Hall–Kier alpha value is -3.06. The van der Waals surface area contributed by atoms with Gasteiger partial charge in [-0.1, -0.05) is 11.2 Å². The molecular formula is C21H25N3O4. The first kappa shape index (κ1) is 19.7. The van der Waals surface area contributed by atoms with Crippen molar-refractivity contribution in [1.29, 1.82) is 0 Å². The van der Waals surface area contributed by atoms with E-state index in [-0.39, 0.29) is 0 Å². The summed E-state index contributed by atoms with van der Waals surface area (Å²) in [7, 11) is 5.25. The third kappa shape index (κ3) is 4.80. The number of benzene rings is 2. The van der Waals surface area contributed by atoms with Gasteiger partial charge in [0.15, 0.2) is 11.5 Å². The second-order valence-electron chi connectivity index (χ2n) is 6.33. The highest BCUT2D eigenvalue weighted by Crippen LogP contribution is 2.28. The van der Waals surface area contributed by atoms with E-state index in [9.17, 15) is 0 Å². The smallest absolute Gasteiger partial charge is 0.241 e. The maximum Gasteiger partial charge on any atom is 0.241 e. The molecule has 0 fully saturated rings. The Labute approximate surface area is 164 Å². The zero-order chi connectivity index (χ0) is 19.9. The highest BCUT2D eigenvalue weighted by Gasteiger charge is 2.12. The van der Waals surface area contributed by atoms with Crippen molar-refractivity contribution in [2.24, 2.45) is 0 Å². The average molecular weight is 383 g/mol. The van der Waals surface area contributed by atoms with Gasteiger partial charge in [0.1, 0.15) is 5.75 Å². The molecule has 0 amide bonds. The molecule has 7 nitrogen and oxygen atoms in total. The van der Waals surface area contributed by atoms with E-state index in [0.29, 0.717) is 42.9 Å². The van der Waals surface area contributed by atoms with Gasteiger partial charge in [-0.15, -0.1) is 0 Å². The molecule has 1 aromatic heterocycles. The molecule has 7 heteroatoms. The summed E-state index contributed by atoms with van der Waals surface area (Å²) >= 11 is 0. The summed E-state index contributed by atoms with van der Waals surface area (Å²) in [6.45, 7) is 3.84. The van der Waals surface area contributed by atoms with E-state index in [2.05, 4.69) is 15.0 Å². The van der Waals surface area contributed by atoms with Crippen molar-refractivity contribution >= 4 is 0 Å². The molecule has 0 radical (unpaired) electrons. The van der Waals surface area contributed by atoms with Crippen LogP contribution in [0.4, 0.5) is 0 Å². The number of methoxy groups -OCH3 is 2. The second-order valence-corrected chi connectivity index (χ2v) is 6.33. The highest BCUT2D eigenvalue weighted by molar-refractivity contribution is 5.55. The van der Waals surface area contributed by atoms with Crippen molar-refractivity contribution in [3.05, 3.63) is 53.9 Å². The Bertz CT molecular complexity index is 893. The van der Waals surface area contributed by atoms with Crippen LogP contribution in [0, 0.1) is 0 Å². The van der Waals surface area contributed by atoms with Crippen LogP contribution in [0.15, 0.2) is 47.0 Å². The van der Waals surface area contributed by atoms with E-state index in [1.165, 1.54) is 0 Å². The van der Waals surface area contributed by atoms with Gasteiger partial charge < -0.3 is 18.7 Å². The van der Waals surface area contributed by atoms with E-state index in [1.807, 2.05) is 56.4 Å². The topological polar surface area (TPSA) is 69.9 Å². The minimum absolute atomic E-state index is 0.540. The van der Waals surface area contributed by atoms with Crippen LogP contribution < -0.4 is 14.2 Å². The monoisotopic (exact) mass is 383 g/mol. The molecule has 1 heterocycles. The van der Waals surface area contributed by atoms with Crippen LogP contribution in [0.25, 0.3) is 11.4 Å². The predicted octanol–water partition coefficient (Wildman–Crippen LogP) is 3.78. The summed E-state index contributed by atoms with van der Waals surface area (Å²) in [6, 6.07) is 13.5. The standard InChI is InChI=1S/C21H25N3O4/c1-5-27-17-9-7-16(8-10-17)21-22-20(28-23-21)14-24(2)13-15-6-11-18(25-3)19(12-15)26-4/h6-12H,5,13-14H2,1-4H3. The van der Waals surface area contributed by atoms with Crippen molar-refractivity contribution in [3.8, 4) is 28.6 Å². The minimum Gasteiger partial charge on any atom is -0.494 e. The van der Waals surface area contributed by atoms with Gasteiger partial charge in [0.05, 0.1) is 27.4 Å². The zero-order valence-corrected chi connectivity index (χ0v) is 16.6. The summed E-state index contributed by atoms with van der Waals surface area (Å²) in [6.07, 6.45) is 0. The first-order chi connectivity index (χ1) is 13.6. The third-order valence-electron chi connectivity index (χ3n) is 4.20. The lowest BCUT2D eigenvalue weighted by molar-refractivity contribution is 0.260. The first-order valence-electron chi connectivity index (χ1n) is 9.08. The van der Waals surface area contributed by atoms with Crippen molar-refractivity contribution < 1.29 is 18.7 Å². The molecule has 28 heavy (non-hydrogen) atoms. The van der Waals surface area contributed by atoms with Crippen LogP contribution in [0.5, 0.6) is 17.2 Å². The van der Waals surface area contributed by atoms with Crippen molar-refractivity contribution in [2.75, 3.05) is 27.9 Å². The Kier molecular flexibility index (Phi) is 6.49. The van der Waals surface area contributed by atoms with Gasteiger partial charge in [-0.3, -0.25) is 4.90 Å². The summed E-state index contributed by atoms with van der Waals surface area (Å²) in [5, 5.41) is 4.08. The molecule has 0 spiro atoms. The first-order valence-corrected chi connectivity index (χ1v) is 9.08. The molecule has 3 rings (SSSR count). The lowest BCUT2D eigenvalue weighted by Crippen LogP contribution is -2.17. The van der Waals surface area contributed by atoms with Crippen molar-refractivity contribution in [2.45, 2.75) is 20.0 Å². The van der Waals surface area contributed by atoms with Gasteiger partial charge in [-0.25, -0.2) is 0 Å². The Balaban J connectivity index is 1.63. The molecule has 3 aromatic rings. The predicted molar refractivity (Wildman–Crippen MR) is 106 cm³/mol. The van der Waals surface area contributed by atoms with Gasteiger partial charge in [0.2, 0.25) is 11.7 Å².